The third kappa shape index (κ3) is 4.29. The second kappa shape index (κ2) is 7.40. The smallest absolute Gasteiger partial charge is 0.292 e. The third-order valence-electron chi connectivity index (χ3n) is 3.52. The molecule has 23 heavy (non-hydrogen) atoms. The summed E-state index contributed by atoms with van der Waals surface area (Å²) in [7, 11) is 0. The third-order valence-corrected chi connectivity index (χ3v) is 3.52. The number of benzene rings is 2. The zero-order chi connectivity index (χ0) is 16.8. The molecule has 0 saturated carbocycles. The van der Waals surface area contributed by atoms with Crippen molar-refractivity contribution in [1.29, 1.82) is 0 Å². The number of nitrogens with zero attached hydrogens (tertiary/aromatic N) is 1. The van der Waals surface area contributed by atoms with Crippen molar-refractivity contribution in [2.45, 2.75) is 26.2 Å². The zero-order valence-corrected chi connectivity index (χ0v) is 12.9. The second-order valence-electron chi connectivity index (χ2n) is 5.29. The average Bonchev–Trinajstić information content (AvgIpc) is 2.54. The fraction of sp³-hybridized carbons (Fsp3) is 0.235. The summed E-state index contributed by atoms with van der Waals surface area (Å²) in [5.74, 6) is -0.408. The number of unbranched alkanes of at least 4 members (excludes halogenated alkanes) is 1. The molecule has 0 spiro atoms. The molecular weight excluding hydrogens is 294 g/mol. The average molecular weight is 313 g/mol. The molecular formula is C17H19N3O3. The quantitative estimate of drug-likeness (QED) is 0.482. The van der Waals surface area contributed by atoms with Gasteiger partial charge in [-0.25, -0.2) is 0 Å². The van der Waals surface area contributed by atoms with Crippen LogP contribution >= 0.6 is 0 Å². The summed E-state index contributed by atoms with van der Waals surface area (Å²) >= 11 is 0. The van der Waals surface area contributed by atoms with Crippen LogP contribution in [-0.2, 0) is 6.42 Å². The number of rotatable bonds is 6. The molecule has 1 amide bonds. The number of hydrogen-bond acceptors (Lipinski definition) is 4. The molecule has 0 radical (unpaired) electrons. The first kappa shape index (κ1) is 16.5. The molecule has 120 valence electrons. The first-order valence-corrected chi connectivity index (χ1v) is 7.45. The van der Waals surface area contributed by atoms with E-state index in [-0.39, 0.29) is 16.9 Å². The van der Waals surface area contributed by atoms with Gasteiger partial charge >= 0.3 is 0 Å². The molecule has 0 bridgehead atoms. The molecule has 0 saturated heterocycles. The predicted molar refractivity (Wildman–Crippen MR) is 90.5 cm³/mol. The van der Waals surface area contributed by atoms with Crippen LogP contribution in [0.5, 0.6) is 0 Å². The number of carbonyl (C=O) groups excluding carboxylic acids is 1. The number of anilines is 2. The van der Waals surface area contributed by atoms with E-state index in [0.717, 1.165) is 19.3 Å². The van der Waals surface area contributed by atoms with E-state index in [1.54, 1.807) is 0 Å². The Balaban J connectivity index is 2.10. The SMILES string of the molecule is CCCCc1ccc(NC(=O)c2ccc(N)c([N+](=O)[O-])c2)cc1. The van der Waals surface area contributed by atoms with Crippen molar-refractivity contribution >= 4 is 23.0 Å². The van der Waals surface area contributed by atoms with Crippen molar-refractivity contribution in [3.63, 3.8) is 0 Å². The Hall–Kier alpha value is -2.89. The standard InChI is InChI=1S/C17H19N3O3/c1-2-3-4-12-5-8-14(9-6-12)19-17(21)13-7-10-15(18)16(11-13)20(22)23/h5-11H,2-4,18H2,1H3,(H,19,21). The topological polar surface area (TPSA) is 98.3 Å². The molecule has 0 atom stereocenters. The van der Waals surface area contributed by atoms with Crippen molar-refractivity contribution in [3.05, 3.63) is 63.7 Å². The predicted octanol–water partition coefficient (Wildman–Crippen LogP) is 3.77. The van der Waals surface area contributed by atoms with Crippen LogP contribution in [0.1, 0.15) is 35.7 Å². The molecule has 0 heterocycles. The molecule has 3 N–H and O–H groups in total. The summed E-state index contributed by atoms with van der Waals surface area (Å²) in [4.78, 5) is 22.5. The highest BCUT2D eigenvalue weighted by Gasteiger charge is 2.15. The van der Waals surface area contributed by atoms with Gasteiger partial charge in [0.25, 0.3) is 11.6 Å². The van der Waals surface area contributed by atoms with Crippen molar-refractivity contribution in [1.82, 2.24) is 0 Å². The summed E-state index contributed by atoms with van der Waals surface area (Å²) in [6, 6.07) is 11.6. The van der Waals surface area contributed by atoms with Crippen molar-refractivity contribution in [3.8, 4) is 0 Å². The summed E-state index contributed by atoms with van der Waals surface area (Å²) < 4.78 is 0. The number of aryl methyl sites for hydroxylation is 1. The van der Waals surface area contributed by atoms with Gasteiger partial charge in [-0.2, -0.15) is 0 Å². The summed E-state index contributed by atoms with van der Waals surface area (Å²) in [6.07, 6.45) is 3.27. The Bertz CT molecular complexity index is 712. The van der Waals surface area contributed by atoms with Gasteiger partial charge in [0.1, 0.15) is 5.69 Å². The van der Waals surface area contributed by atoms with E-state index in [0.29, 0.717) is 5.69 Å². The minimum Gasteiger partial charge on any atom is -0.393 e. The van der Waals surface area contributed by atoms with Crippen LogP contribution in [0.4, 0.5) is 17.1 Å². The largest absolute Gasteiger partial charge is 0.393 e. The fourth-order valence-corrected chi connectivity index (χ4v) is 2.18. The van der Waals surface area contributed by atoms with E-state index in [1.807, 2.05) is 24.3 Å². The Kier molecular flexibility index (Phi) is 5.30. The van der Waals surface area contributed by atoms with Crippen LogP contribution in [-0.4, -0.2) is 10.8 Å². The molecule has 2 aromatic rings. The number of hydrogen-bond donors (Lipinski definition) is 2. The highest BCUT2D eigenvalue weighted by Crippen LogP contribution is 2.23. The molecule has 0 aliphatic heterocycles. The van der Waals surface area contributed by atoms with Gasteiger partial charge in [0.05, 0.1) is 4.92 Å². The highest BCUT2D eigenvalue weighted by molar-refractivity contribution is 6.05. The van der Waals surface area contributed by atoms with Gasteiger partial charge in [0, 0.05) is 17.3 Å². The van der Waals surface area contributed by atoms with Gasteiger partial charge in [-0.1, -0.05) is 25.5 Å². The number of amides is 1. The maximum atomic E-state index is 12.2. The first-order chi connectivity index (χ1) is 11.0. The Morgan fingerprint density at radius 1 is 1.22 bits per heavy atom. The van der Waals surface area contributed by atoms with E-state index in [4.69, 9.17) is 5.73 Å². The zero-order valence-electron chi connectivity index (χ0n) is 12.9. The molecule has 0 aliphatic carbocycles. The summed E-state index contributed by atoms with van der Waals surface area (Å²) in [5.41, 5.74) is 7.35. The number of nitrogens with two attached hydrogens (primary N) is 1. The fourth-order valence-electron chi connectivity index (χ4n) is 2.18. The molecule has 6 nitrogen and oxygen atoms in total. The monoisotopic (exact) mass is 313 g/mol. The Morgan fingerprint density at radius 3 is 2.52 bits per heavy atom. The molecule has 0 aliphatic rings. The van der Waals surface area contributed by atoms with Crippen LogP contribution in [0, 0.1) is 10.1 Å². The molecule has 6 heteroatoms. The maximum absolute atomic E-state index is 12.2. The number of nitrogen functional groups attached to an aromatic ring is 1. The lowest BCUT2D eigenvalue weighted by Gasteiger charge is -2.07. The van der Waals surface area contributed by atoms with E-state index in [9.17, 15) is 14.9 Å². The van der Waals surface area contributed by atoms with Gasteiger partial charge in [-0.3, -0.25) is 14.9 Å². The number of nitro benzene ring substituents is 1. The molecule has 0 unspecified atom stereocenters. The van der Waals surface area contributed by atoms with Crippen LogP contribution in [0.15, 0.2) is 42.5 Å². The van der Waals surface area contributed by atoms with Crippen LogP contribution < -0.4 is 11.1 Å². The van der Waals surface area contributed by atoms with Gasteiger partial charge in [0.2, 0.25) is 0 Å². The maximum Gasteiger partial charge on any atom is 0.292 e. The van der Waals surface area contributed by atoms with Crippen LogP contribution in [0.3, 0.4) is 0 Å². The van der Waals surface area contributed by atoms with Gasteiger partial charge in [-0.15, -0.1) is 0 Å². The van der Waals surface area contributed by atoms with Crippen molar-refractivity contribution in [2.75, 3.05) is 11.1 Å². The van der Waals surface area contributed by atoms with Gasteiger partial charge in [-0.05, 0) is 42.7 Å². The first-order valence-electron chi connectivity index (χ1n) is 7.45. The summed E-state index contributed by atoms with van der Waals surface area (Å²) in [5, 5.41) is 13.6. The summed E-state index contributed by atoms with van der Waals surface area (Å²) in [6.45, 7) is 2.14. The van der Waals surface area contributed by atoms with E-state index in [1.165, 1.54) is 23.8 Å². The minimum absolute atomic E-state index is 0.0341. The molecule has 0 fully saturated rings. The Labute approximate surface area is 134 Å². The lowest BCUT2D eigenvalue weighted by Crippen LogP contribution is -2.12. The minimum atomic E-state index is -0.603. The van der Waals surface area contributed by atoms with Crippen molar-refractivity contribution < 1.29 is 9.72 Å². The van der Waals surface area contributed by atoms with Crippen molar-refractivity contribution in [2.24, 2.45) is 0 Å². The lowest BCUT2D eigenvalue weighted by atomic mass is 10.1. The number of carbonyl (C=O) groups is 1. The molecule has 0 aromatic heterocycles. The van der Waals surface area contributed by atoms with Gasteiger partial charge < -0.3 is 11.1 Å². The van der Waals surface area contributed by atoms with Gasteiger partial charge in [0.15, 0.2) is 0 Å². The number of nitro groups is 1. The second-order valence-corrected chi connectivity index (χ2v) is 5.29. The normalized spacial score (nSPS) is 10.3. The lowest BCUT2D eigenvalue weighted by molar-refractivity contribution is -0.383. The molecule has 2 aromatic carbocycles. The molecule has 2 rings (SSSR count). The van der Waals surface area contributed by atoms with E-state index < -0.39 is 10.8 Å². The van der Waals surface area contributed by atoms with E-state index in [2.05, 4.69) is 12.2 Å². The van der Waals surface area contributed by atoms with Crippen LogP contribution in [0.25, 0.3) is 0 Å². The van der Waals surface area contributed by atoms with Crippen LogP contribution in [0.2, 0.25) is 0 Å². The Morgan fingerprint density at radius 2 is 1.91 bits per heavy atom. The highest BCUT2D eigenvalue weighted by atomic mass is 16.6. The van der Waals surface area contributed by atoms with E-state index >= 15 is 0 Å². The number of nitrogens with one attached hydrogen (secondary N) is 1.